The molecule has 0 aromatic carbocycles. The van der Waals surface area contributed by atoms with E-state index in [0.29, 0.717) is 12.4 Å². The number of hydrogen-bond acceptors (Lipinski definition) is 4. The number of aromatic nitrogens is 3. The van der Waals surface area contributed by atoms with Crippen molar-refractivity contribution in [2.45, 2.75) is 26.6 Å². The predicted octanol–water partition coefficient (Wildman–Crippen LogP) is 1.92. The third-order valence-electron chi connectivity index (χ3n) is 2.24. The summed E-state index contributed by atoms with van der Waals surface area (Å²) in [6.07, 6.45) is 2.04. The predicted molar refractivity (Wildman–Crippen MR) is 63.4 cm³/mol. The van der Waals surface area contributed by atoms with E-state index in [0.717, 1.165) is 16.9 Å². The lowest BCUT2D eigenvalue weighted by atomic mass is 10.3. The van der Waals surface area contributed by atoms with Crippen molar-refractivity contribution < 1.29 is 4.74 Å². The van der Waals surface area contributed by atoms with Gasteiger partial charge in [-0.05, 0) is 19.9 Å². The third-order valence-corrected chi connectivity index (χ3v) is 2.24. The summed E-state index contributed by atoms with van der Waals surface area (Å²) in [7, 11) is 1.85. The first-order chi connectivity index (χ1) is 7.70. The Morgan fingerprint density at radius 2 is 2.25 bits per heavy atom. The average Bonchev–Trinajstić information content (AvgIpc) is 2.73. The number of H-pyrrole nitrogens is 1. The second-order valence-corrected chi connectivity index (χ2v) is 3.84. The highest BCUT2D eigenvalue weighted by atomic mass is 16.5. The van der Waals surface area contributed by atoms with Gasteiger partial charge in [-0.15, -0.1) is 0 Å². The lowest BCUT2D eigenvalue weighted by Crippen LogP contribution is -2.07. The van der Waals surface area contributed by atoms with Gasteiger partial charge in [0.05, 0.1) is 11.5 Å². The zero-order valence-electron chi connectivity index (χ0n) is 9.74. The molecule has 0 radical (unpaired) electrons. The van der Waals surface area contributed by atoms with Crippen LogP contribution in [0.2, 0.25) is 0 Å². The SMILES string of the molecule is CNc1nc(COC(C)C)nc2[nH]ccc12. The Labute approximate surface area is 94.2 Å². The van der Waals surface area contributed by atoms with Gasteiger partial charge >= 0.3 is 0 Å². The Bertz CT molecular complexity index is 478. The second-order valence-electron chi connectivity index (χ2n) is 3.84. The summed E-state index contributed by atoms with van der Waals surface area (Å²) in [4.78, 5) is 11.9. The lowest BCUT2D eigenvalue weighted by molar-refractivity contribution is 0.0615. The molecule has 0 aliphatic rings. The number of nitrogens with one attached hydrogen (secondary N) is 2. The van der Waals surface area contributed by atoms with Crippen LogP contribution in [0.15, 0.2) is 12.3 Å². The summed E-state index contributed by atoms with van der Waals surface area (Å²) in [6, 6.07) is 1.95. The number of anilines is 1. The van der Waals surface area contributed by atoms with Crippen LogP contribution < -0.4 is 5.32 Å². The van der Waals surface area contributed by atoms with Crippen molar-refractivity contribution in [2.24, 2.45) is 0 Å². The summed E-state index contributed by atoms with van der Waals surface area (Å²) < 4.78 is 5.49. The Hall–Kier alpha value is -1.62. The smallest absolute Gasteiger partial charge is 0.158 e. The fourth-order valence-corrected chi connectivity index (χ4v) is 1.48. The van der Waals surface area contributed by atoms with Gasteiger partial charge in [-0.25, -0.2) is 9.97 Å². The van der Waals surface area contributed by atoms with Crippen molar-refractivity contribution in [1.82, 2.24) is 15.0 Å². The highest BCUT2D eigenvalue weighted by Crippen LogP contribution is 2.18. The molecular formula is C11H16N4O. The highest BCUT2D eigenvalue weighted by Gasteiger charge is 2.07. The summed E-state index contributed by atoms with van der Waals surface area (Å²) in [6.45, 7) is 4.42. The van der Waals surface area contributed by atoms with Crippen LogP contribution in [0.1, 0.15) is 19.7 Å². The molecule has 0 saturated heterocycles. The fraction of sp³-hybridized carbons (Fsp3) is 0.455. The van der Waals surface area contributed by atoms with Crippen LogP contribution in [0.3, 0.4) is 0 Å². The lowest BCUT2D eigenvalue weighted by Gasteiger charge is -2.08. The summed E-state index contributed by atoms with van der Waals surface area (Å²) >= 11 is 0. The Morgan fingerprint density at radius 3 is 2.94 bits per heavy atom. The van der Waals surface area contributed by atoms with Crippen LogP contribution in [0.5, 0.6) is 0 Å². The van der Waals surface area contributed by atoms with E-state index in [1.54, 1.807) is 0 Å². The molecule has 0 spiro atoms. The van der Waals surface area contributed by atoms with Crippen LogP contribution in [0.25, 0.3) is 11.0 Å². The normalized spacial score (nSPS) is 11.2. The van der Waals surface area contributed by atoms with Crippen molar-refractivity contribution in [3.05, 3.63) is 18.1 Å². The molecule has 0 aliphatic carbocycles. The first kappa shape index (κ1) is 10.9. The maximum Gasteiger partial charge on any atom is 0.158 e. The van der Waals surface area contributed by atoms with E-state index in [-0.39, 0.29) is 6.10 Å². The molecule has 0 amide bonds. The van der Waals surface area contributed by atoms with E-state index in [4.69, 9.17) is 4.74 Å². The molecule has 0 atom stereocenters. The van der Waals surface area contributed by atoms with Crippen molar-refractivity contribution in [3.63, 3.8) is 0 Å². The summed E-state index contributed by atoms with van der Waals surface area (Å²) in [5.74, 6) is 1.52. The minimum absolute atomic E-state index is 0.181. The molecule has 2 aromatic heterocycles. The molecule has 2 heterocycles. The Morgan fingerprint density at radius 1 is 1.44 bits per heavy atom. The molecule has 5 nitrogen and oxygen atoms in total. The maximum atomic E-state index is 5.49. The van der Waals surface area contributed by atoms with Crippen LogP contribution in [0, 0.1) is 0 Å². The standard InChI is InChI=1S/C11H16N4O/c1-7(2)16-6-9-14-10(12-3)8-4-5-13-11(8)15-9/h4-5,7H,6H2,1-3H3,(H2,12,13,14,15). The fourth-order valence-electron chi connectivity index (χ4n) is 1.48. The first-order valence-corrected chi connectivity index (χ1v) is 5.34. The van der Waals surface area contributed by atoms with Gasteiger partial charge in [0.1, 0.15) is 18.1 Å². The summed E-state index contributed by atoms with van der Waals surface area (Å²) in [5, 5.41) is 4.05. The van der Waals surface area contributed by atoms with Gasteiger partial charge in [0.25, 0.3) is 0 Å². The number of ether oxygens (including phenoxy) is 1. The van der Waals surface area contributed by atoms with Gasteiger partial charge in [-0.2, -0.15) is 0 Å². The van der Waals surface area contributed by atoms with E-state index >= 15 is 0 Å². The van der Waals surface area contributed by atoms with E-state index in [2.05, 4.69) is 20.3 Å². The minimum Gasteiger partial charge on any atom is -0.372 e. The Balaban J connectivity index is 2.32. The van der Waals surface area contributed by atoms with E-state index in [1.807, 2.05) is 33.2 Å². The Kier molecular flexibility index (Phi) is 3.05. The topological polar surface area (TPSA) is 62.8 Å². The molecule has 0 saturated carbocycles. The minimum atomic E-state index is 0.181. The van der Waals surface area contributed by atoms with Crippen molar-refractivity contribution in [3.8, 4) is 0 Å². The molecular weight excluding hydrogens is 204 g/mol. The molecule has 86 valence electrons. The van der Waals surface area contributed by atoms with Gasteiger partial charge in [0.2, 0.25) is 0 Å². The van der Waals surface area contributed by atoms with Gasteiger partial charge in [0, 0.05) is 13.2 Å². The van der Waals surface area contributed by atoms with Gasteiger partial charge < -0.3 is 15.0 Å². The van der Waals surface area contributed by atoms with Crippen LogP contribution in [-0.4, -0.2) is 28.1 Å². The summed E-state index contributed by atoms with van der Waals surface area (Å²) in [5.41, 5.74) is 0.835. The van der Waals surface area contributed by atoms with Crippen LogP contribution >= 0.6 is 0 Å². The zero-order valence-corrected chi connectivity index (χ0v) is 9.74. The van der Waals surface area contributed by atoms with E-state index < -0.39 is 0 Å². The quantitative estimate of drug-likeness (QED) is 0.826. The number of aromatic amines is 1. The van der Waals surface area contributed by atoms with Crippen LogP contribution in [-0.2, 0) is 11.3 Å². The second kappa shape index (κ2) is 4.49. The molecule has 2 rings (SSSR count). The molecule has 0 fully saturated rings. The molecule has 16 heavy (non-hydrogen) atoms. The van der Waals surface area contributed by atoms with Crippen LogP contribution in [0.4, 0.5) is 5.82 Å². The monoisotopic (exact) mass is 220 g/mol. The van der Waals surface area contributed by atoms with E-state index in [9.17, 15) is 0 Å². The van der Waals surface area contributed by atoms with Gasteiger partial charge in [0.15, 0.2) is 5.82 Å². The van der Waals surface area contributed by atoms with Crippen molar-refractivity contribution in [1.29, 1.82) is 0 Å². The first-order valence-electron chi connectivity index (χ1n) is 5.34. The number of nitrogens with zero attached hydrogens (tertiary/aromatic N) is 2. The molecule has 0 aliphatic heterocycles. The largest absolute Gasteiger partial charge is 0.372 e. The molecule has 5 heteroatoms. The number of rotatable bonds is 4. The maximum absolute atomic E-state index is 5.49. The van der Waals surface area contributed by atoms with Crippen molar-refractivity contribution >= 4 is 16.9 Å². The van der Waals surface area contributed by atoms with Gasteiger partial charge in [-0.3, -0.25) is 0 Å². The number of fused-ring (bicyclic) bond motifs is 1. The number of hydrogen-bond donors (Lipinski definition) is 2. The molecule has 0 unspecified atom stereocenters. The molecule has 2 aromatic rings. The van der Waals surface area contributed by atoms with E-state index in [1.165, 1.54) is 0 Å². The molecule has 2 N–H and O–H groups in total. The van der Waals surface area contributed by atoms with Crippen molar-refractivity contribution in [2.75, 3.05) is 12.4 Å². The average molecular weight is 220 g/mol. The molecule has 0 bridgehead atoms. The zero-order chi connectivity index (χ0) is 11.5. The third kappa shape index (κ3) is 2.14. The van der Waals surface area contributed by atoms with Gasteiger partial charge in [-0.1, -0.05) is 0 Å². The highest BCUT2D eigenvalue weighted by molar-refractivity contribution is 5.86.